The lowest BCUT2D eigenvalue weighted by Gasteiger charge is -2.13. The van der Waals surface area contributed by atoms with Crippen molar-refractivity contribution in [2.24, 2.45) is 0 Å². The van der Waals surface area contributed by atoms with Crippen LogP contribution in [-0.4, -0.2) is 15.6 Å². The summed E-state index contributed by atoms with van der Waals surface area (Å²) >= 11 is 5.78. The highest BCUT2D eigenvalue weighted by atomic mass is 35.5. The molecule has 3 rings (SSSR count). The maximum absolute atomic E-state index is 13.3. The average molecular weight is 379 g/mol. The molecule has 0 N–H and O–H groups in total. The molecule has 1 heterocycles. The molecule has 26 heavy (non-hydrogen) atoms. The number of hydrogen-bond acceptors (Lipinski definition) is 3. The van der Waals surface area contributed by atoms with Gasteiger partial charge < -0.3 is 0 Å². The van der Waals surface area contributed by atoms with Gasteiger partial charge in [-0.1, -0.05) is 41.9 Å². The Bertz CT molecular complexity index is 1010. The third-order valence-corrected chi connectivity index (χ3v) is 3.81. The Kier molecular flexibility index (Phi) is 4.65. The van der Waals surface area contributed by atoms with Crippen LogP contribution in [0.4, 0.5) is 13.2 Å². The summed E-state index contributed by atoms with van der Waals surface area (Å²) in [6.45, 7) is 0. The van der Waals surface area contributed by atoms with Gasteiger partial charge in [0.1, 0.15) is 5.69 Å². The Morgan fingerprint density at radius 1 is 1.00 bits per heavy atom. The van der Waals surface area contributed by atoms with Crippen LogP contribution in [0.3, 0.4) is 0 Å². The van der Waals surface area contributed by atoms with Gasteiger partial charge in [0, 0.05) is 16.7 Å². The summed E-state index contributed by atoms with van der Waals surface area (Å²) in [6.07, 6.45) is -4.90. The van der Waals surface area contributed by atoms with E-state index < -0.39 is 28.8 Å². The van der Waals surface area contributed by atoms with Gasteiger partial charge in [0.05, 0.1) is 11.3 Å². The Labute approximate surface area is 150 Å². The molecule has 0 spiro atoms. The van der Waals surface area contributed by atoms with Gasteiger partial charge in [-0.15, -0.1) is 0 Å². The largest absolute Gasteiger partial charge is 0.418 e. The number of rotatable bonds is 3. The number of carbonyl (C=O) groups is 1. The minimum Gasteiger partial charge on any atom is -0.287 e. The average Bonchev–Trinajstić information content (AvgIpc) is 2.62. The highest BCUT2D eigenvalue weighted by Crippen LogP contribution is 2.31. The van der Waals surface area contributed by atoms with E-state index in [1.54, 1.807) is 6.07 Å². The van der Waals surface area contributed by atoms with Crippen molar-refractivity contribution in [3.63, 3.8) is 0 Å². The van der Waals surface area contributed by atoms with Gasteiger partial charge in [0.25, 0.3) is 5.56 Å². The van der Waals surface area contributed by atoms with Crippen LogP contribution in [0.5, 0.6) is 0 Å². The van der Waals surface area contributed by atoms with Crippen molar-refractivity contribution in [3.8, 4) is 5.69 Å². The van der Waals surface area contributed by atoms with E-state index in [0.717, 1.165) is 4.68 Å². The molecule has 0 fully saturated rings. The molecule has 2 aromatic carbocycles. The van der Waals surface area contributed by atoms with Crippen molar-refractivity contribution in [2.45, 2.75) is 6.18 Å². The first-order chi connectivity index (χ1) is 12.3. The number of aromatic nitrogens is 2. The Hall–Kier alpha value is -2.93. The molecule has 0 aliphatic rings. The van der Waals surface area contributed by atoms with Crippen LogP contribution in [0.1, 0.15) is 21.6 Å². The van der Waals surface area contributed by atoms with E-state index in [1.807, 2.05) is 0 Å². The topological polar surface area (TPSA) is 52.0 Å². The van der Waals surface area contributed by atoms with Crippen LogP contribution in [0, 0.1) is 0 Å². The fraction of sp³-hybridized carbons (Fsp3) is 0.0556. The summed E-state index contributed by atoms with van der Waals surface area (Å²) in [6, 6.07) is 13.6. The molecule has 0 saturated carbocycles. The number of nitrogens with zero attached hydrogens (tertiary/aromatic N) is 2. The van der Waals surface area contributed by atoms with Crippen LogP contribution in [0.2, 0.25) is 5.02 Å². The maximum atomic E-state index is 13.3. The van der Waals surface area contributed by atoms with Crippen molar-refractivity contribution in [1.29, 1.82) is 0 Å². The molecule has 4 nitrogen and oxygen atoms in total. The molecule has 0 aliphatic heterocycles. The summed E-state index contributed by atoms with van der Waals surface area (Å²) < 4.78 is 40.7. The summed E-state index contributed by atoms with van der Waals surface area (Å²) in [5.41, 5.74) is -3.01. The number of carbonyl (C=O) groups excluding carboxylic acids is 1. The minimum atomic E-state index is -4.90. The van der Waals surface area contributed by atoms with Gasteiger partial charge in [-0.2, -0.15) is 23.0 Å². The Morgan fingerprint density at radius 3 is 2.19 bits per heavy atom. The van der Waals surface area contributed by atoms with E-state index in [1.165, 1.54) is 48.5 Å². The van der Waals surface area contributed by atoms with E-state index in [0.29, 0.717) is 11.1 Å². The SMILES string of the molecule is O=C(c1ccccc1)c1nn(-c2ccc(Cl)cc2)c(=O)cc1C(F)(F)F. The Morgan fingerprint density at radius 2 is 1.62 bits per heavy atom. The second-order valence-corrected chi connectivity index (χ2v) is 5.76. The zero-order valence-electron chi connectivity index (χ0n) is 13.0. The van der Waals surface area contributed by atoms with Crippen molar-refractivity contribution >= 4 is 17.4 Å². The quantitative estimate of drug-likeness (QED) is 0.644. The molecule has 0 radical (unpaired) electrons. The van der Waals surface area contributed by atoms with Crippen LogP contribution in [0.25, 0.3) is 5.69 Å². The van der Waals surface area contributed by atoms with Crippen molar-refractivity contribution in [3.05, 3.63) is 92.9 Å². The predicted molar refractivity (Wildman–Crippen MR) is 89.7 cm³/mol. The smallest absolute Gasteiger partial charge is 0.287 e. The molecule has 8 heteroatoms. The van der Waals surface area contributed by atoms with Gasteiger partial charge in [0.2, 0.25) is 5.78 Å². The third kappa shape index (κ3) is 3.52. The maximum Gasteiger partial charge on any atom is 0.418 e. The van der Waals surface area contributed by atoms with Crippen molar-refractivity contribution < 1.29 is 18.0 Å². The van der Waals surface area contributed by atoms with Crippen LogP contribution >= 0.6 is 11.6 Å². The third-order valence-electron chi connectivity index (χ3n) is 3.56. The molecule has 0 atom stereocenters. The number of alkyl halides is 3. The molecule has 0 saturated heterocycles. The molecule has 0 unspecified atom stereocenters. The Balaban J connectivity index is 2.23. The fourth-order valence-electron chi connectivity index (χ4n) is 2.33. The van der Waals surface area contributed by atoms with Crippen LogP contribution in [-0.2, 0) is 6.18 Å². The molecular formula is C18H10ClF3N2O2. The van der Waals surface area contributed by atoms with Crippen molar-refractivity contribution in [1.82, 2.24) is 9.78 Å². The highest BCUT2D eigenvalue weighted by molar-refractivity contribution is 6.30. The summed E-state index contributed by atoms with van der Waals surface area (Å²) in [4.78, 5) is 24.7. The monoisotopic (exact) mass is 378 g/mol. The summed E-state index contributed by atoms with van der Waals surface area (Å²) in [7, 11) is 0. The zero-order valence-corrected chi connectivity index (χ0v) is 13.8. The van der Waals surface area contributed by atoms with E-state index in [9.17, 15) is 22.8 Å². The summed E-state index contributed by atoms with van der Waals surface area (Å²) in [5.74, 6) is -0.930. The molecule has 3 aromatic rings. The van der Waals surface area contributed by atoms with E-state index in [4.69, 9.17) is 11.6 Å². The van der Waals surface area contributed by atoms with E-state index >= 15 is 0 Å². The summed E-state index contributed by atoms with van der Waals surface area (Å²) in [5, 5.41) is 4.09. The first-order valence-electron chi connectivity index (χ1n) is 7.34. The van der Waals surface area contributed by atoms with E-state index in [2.05, 4.69) is 5.10 Å². The minimum absolute atomic E-state index is 0.0341. The van der Waals surface area contributed by atoms with Crippen molar-refractivity contribution in [2.75, 3.05) is 0 Å². The second kappa shape index (κ2) is 6.76. The number of hydrogen-bond donors (Lipinski definition) is 0. The molecule has 0 amide bonds. The molecule has 132 valence electrons. The number of halogens is 4. The standard InChI is InChI=1S/C18H10ClF3N2O2/c19-12-6-8-13(9-7-12)24-15(25)10-14(18(20,21)22)16(23-24)17(26)11-4-2-1-3-5-11/h1-10H. The number of benzene rings is 2. The predicted octanol–water partition coefficient (Wildman–Crippen LogP) is 4.14. The van der Waals surface area contributed by atoms with Gasteiger partial charge in [0.15, 0.2) is 0 Å². The first-order valence-corrected chi connectivity index (χ1v) is 7.72. The number of ketones is 1. The zero-order chi connectivity index (χ0) is 18.9. The van der Waals surface area contributed by atoms with Crippen LogP contribution < -0.4 is 5.56 Å². The lowest BCUT2D eigenvalue weighted by molar-refractivity contribution is -0.138. The highest BCUT2D eigenvalue weighted by Gasteiger charge is 2.37. The van der Waals surface area contributed by atoms with Gasteiger partial charge in [-0.3, -0.25) is 9.59 Å². The lowest BCUT2D eigenvalue weighted by Crippen LogP contribution is -2.28. The molecule has 1 aromatic heterocycles. The normalized spacial score (nSPS) is 11.4. The lowest BCUT2D eigenvalue weighted by atomic mass is 10.0. The van der Waals surface area contributed by atoms with Gasteiger partial charge in [-0.05, 0) is 24.3 Å². The van der Waals surface area contributed by atoms with Gasteiger partial charge in [-0.25, -0.2) is 0 Å². The van der Waals surface area contributed by atoms with Gasteiger partial charge >= 0.3 is 6.18 Å². The second-order valence-electron chi connectivity index (χ2n) is 5.33. The first kappa shape index (κ1) is 17.9. The van der Waals surface area contributed by atoms with E-state index in [-0.39, 0.29) is 11.3 Å². The fourth-order valence-corrected chi connectivity index (χ4v) is 2.46. The van der Waals surface area contributed by atoms with Crippen LogP contribution in [0.15, 0.2) is 65.5 Å². The molecule has 0 aliphatic carbocycles. The molecule has 0 bridgehead atoms. The molecular weight excluding hydrogens is 369 g/mol.